The van der Waals surface area contributed by atoms with Crippen molar-refractivity contribution in [2.45, 2.75) is 19.3 Å². The molecule has 1 aliphatic rings. The summed E-state index contributed by atoms with van der Waals surface area (Å²) >= 11 is 0. The van der Waals surface area contributed by atoms with Gasteiger partial charge in [-0.1, -0.05) is 123 Å². The first-order valence-corrected chi connectivity index (χ1v) is 14.7. The van der Waals surface area contributed by atoms with Crippen molar-refractivity contribution >= 4 is 43.5 Å². The molecular weight excluding hydrogens is 508 g/mol. The molecule has 1 nitrogen and oxygen atoms in total. The molecule has 42 heavy (non-hydrogen) atoms. The smallest absolute Gasteiger partial charge is 0.135 e. The molecule has 0 radical (unpaired) electrons. The lowest BCUT2D eigenvalue weighted by atomic mass is 9.80. The van der Waals surface area contributed by atoms with Crippen LogP contribution in [0.4, 0.5) is 0 Å². The second kappa shape index (κ2) is 8.44. The lowest BCUT2D eigenvalue weighted by molar-refractivity contribution is 0.660. The first-order chi connectivity index (χ1) is 20.6. The third kappa shape index (κ3) is 3.14. The lowest BCUT2D eigenvalue weighted by Crippen LogP contribution is -2.14. The van der Waals surface area contributed by atoms with Gasteiger partial charge in [-0.3, -0.25) is 0 Å². The molecule has 0 atom stereocenters. The number of furan rings is 1. The minimum Gasteiger partial charge on any atom is -0.456 e. The summed E-state index contributed by atoms with van der Waals surface area (Å²) in [5.41, 5.74) is 12.4. The maximum Gasteiger partial charge on any atom is 0.135 e. The molecule has 7 aromatic carbocycles. The summed E-state index contributed by atoms with van der Waals surface area (Å²) in [5, 5.41) is 7.39. The largest absolute Gasteiger partial charge is 0.456 e. The normalized spacial score (nSPS) is 13.7. The predicted molar refractivity (Wildman–Crippen MR) is 177 cm³/mol. The van der Waals surface area contributed by atoms with E-state index in [1.54, 1.807) is 0 Å². The van der Waals surface area contributed by atoms with Gasteiger partial charge in [0.25, 0.3) is 0 Å². The Morgan fingerprint density at radius 2 is 0.905 bits per heavy atom. The number of hydrogen-bond acceptors (Lipinski definition) is 1. The molecule has 0 fully saturated rings. The minimum absolute atomic E-state index is 0.0454. The Hall–Kier alpha value is -5.14. The van der Waals surface area contributed by atoms with Crippen molar-refractivity contribution in [3.8, 4) is 33.4 Å². The maximum absolute atomic E-state index is 6.17. The summed E-state index contributed by atoms with van der Waals surface area (Å²) in [5.74, 6) is 0. The summed E-state index contributed by atoms with van der Waals surface area (Å²) in [7, 11) is 0. The molecule has 0 unspecified atom stereocenters. The average Bonchev–Trinajstić information content (AvgIpc) is 3.51. The second-order valence-corrected chi connectivity index (χ2v) is 12.1. The summed E-state index contributed by atoms with van der Waals surface area (Å²) in [6.45, 7) is 4.72. The van der Waals surface area contributed by atoms with E-state index in [4.69, 9.17) is 4.42 Å². The van der Waals surface area contributed by atoms with E-state index in [1.807, 2.05) is 12.1 Å². The lowest BCUT2D eigenvalue weighted by Gasteiger charge is -2.23. The van der Waals surface area contributed by atoms with Crippen LogP contribution >= 0.6 is 0 Å². The van der Waals surface area contributed by atoms with Gasteiger partial charge >= 0.3 is 0 Å². The molecule has 0 saturated carbocycles. The van der Waals surface area contributed by atoms with Gasteiger partial charge in [-0.15, -0.1) is 0 Å². The van der Waals surface area contributed by atoms with Crippen molar-refractivity contribution in [2.24, 2.45) is 0 Å². The van der Waals surface area contributed by atoms with E-state index < -0.39 is 0 Å². The van der Waals surface area contributed by atoms with E-state index in [9.17, 15) is 0 Å². The van der Waals surface area contributed by atoms with Crippen molar-refractivity contribution in [3.63, 3.8) is 0 Å². The van der Waals surface area contributed by atoms with Gasteiger partial charge in [0.15, 0.2) is 0 Å². The van der Waals surface area contributed by atoms with Gasteiger partial charge in [0.2, 0.25) is 0 Å². The fraction of sp³-hybridized carbons (Fsp3) is 0.0732. The predicted octanol–water partition coefficient (Wildman–Crippen LogP) is 11.5. The van der Waals surface area contributed by atoms with Crippen LogP contribution in [0.25, 0.3) is 76.9 Å². The third-order valence-electron chi connectivity index (χ3n) is 9.47. The van der Waals surface area contributed by atoms with Crippen molar-refractivity contribution in [3.05, 3.63) is 145 Å². The summed E-state index contributed by atoms with van der Waals surface area (Å²) in [4.78, 5) is 0. The third-order valence-corrected chi connectivity index (χ3v) is 9.47. The zero-order valence-electron chi connectivity index (χ0n) is 23.6. The van der Waals surface area contributed by atoms with E-state index in [-0.39, 0.29) is 5.41 Å². The molecule has 0 aliphatic heterocycles. The fourth-order valence-electron chi connectivity index (χ4n) is 7.49. The van der Waals surface area contributed by atoms with Crippen LogP contribution in [-0.4, -0.2) is 0 Å². The highest BCUT2D eigenvalue weighted by Crippen LogP contribution is 2.51. The Bertz CT molecular complexity index is 2330. The van der Waals surface area contributed by atoms with Crippen molar-refractivity contribution in [1.82, 2.24) is 0 Å². The van der Waals surface area contributed by atoms with E-state index in [0.717, 1.165) is 21.9 Å². The van der Waals surface area contributed by atoms with Crippen LogP contribution in [-0.2, 0) is 5.41 Å². The SMILES string of the molecule is CC1(C)c2ccccc2-c2ccc(-c3c4ccccc4c(-c4ccc5oc6ccccc6c5c4)c4ccccc34)cc21. The van der Waals surface area contributed by atoms with Gasteiger partial charge in [-0.25, -0.2) is 0 Å². The Balaban J connectivity index is 1.34. The molecule has 9 rings (SSSR count). The van der Waals surface area contributed by atoms with Crippen molar-refractivity contribution < 1.29 is 4.42 Å². The molecule has 198 valence electrons. The highest BCUT2D eigenvalue weighted by atomic mass is 16.3. The molecule has 0 amide bonds. The number of benzene rings is 7. The van der Waals surface area contributed by atoms with Gasteiger partial charge in [-0.2, -0.15) is 0 Å². The quantitative estimate of drug-likeness (QED) is 0.200. The fourth-order valence-corrected chi connectivity index (χ4v) is 7.49. The van der Waals surface area contributed by atoms with Crippen LogP contribution in [0.15, 0.2) is 138 Å². The van der Waals surface area contributed by atoms with Crippen LogP contribution in [0.3, 0.4) is 0 Å². The maximum atomic E-state index is 6.17. The minimum atomic E-state index is -0.0454. The molecule has 8 aromatic rings. The standard InChI is InChI=1S/C41H28O/c1-41(2)35-17-9-7-11-27(35)28-21-19-26(24-36(28)41)40-32-15-5-3-13-30(32)39(31-14-4-6-16-33(31)40)25-20-22-38-34(23-25)29-12-8-10-18-37(29)42-38/h3-24H,1-2H3. The van der Waals surface area contributed by atoms with E-state index in [2.05, 4.69) is 135 Å². The van der Waals surface area contributed by atoms with Gasteiger partial charge in [0, 0.05) is 16.2 Å². The molecule has 1 aliphatic carbocycles. The summed E-state index contributed by atoms with van der Waals surface area (Å²) < 4.78 is 6.17. The van der Waals surface area contributed by atoms with Crippen LogP contribution < -0.4 is 0 Å². The second-order valence-electron chi connectivity index (χ2n) is 12.1. The molecule has 0 spiro atoms. The number of hydrogen-bond donors (Lipinski definition) is 0. The number of para-hydroxylation sites is 1. The zero-order chi connectivity index (χ0) is 28.0. The van der Waals surface area contributed by atoms with Gasteiger partial charge < -0.3 is 4.42 Å². The Morgan fingerprint density at radius 1 is 0.405 bits per heavy atom. The van der Waals surface area contributed by atoms with Gasteiger partial charge in [0.05, 0.1) is 0 Å². The van der Waals surface area contributed by atoms with Gasteiger partial charge in [-0.05, 0) is 90.3 Å². The molecular formula is C41H28O. The Morgan fingerprint density at radius 3 is 1.60 bits per heavy atom. The number of fused-ring (bicyclic) bond motifs is 8. The highest BCUT2D eigenvalue weighted by Gasteiger charge is 2.35. The Kier molecular flexibility index (Phi) is 4.73. The van der Waals surface area contributed by atoms with Crippen LogP contribution in [0, 0.1) is 0 Å². The number of rotatable bonds is 2. The van der Waals surface area contributed by atoms with Crippen molar-refractivity contribution in [2.75, 3.05) is 0 Å². The highest BCUT2D eigenvalue weighted by molar-refractivity contribution is 6.22. The molecule has 1 aromatic heterocycles. The topological polar surface area (TPSA) is 13.1 Å². The average molecular weight is 537 g/mol. The van der Waals surface area contributed by atoms with Crippen LogP contribution in [0.5, 0.6) is 0 Å². The molecule has 1 heteroatoms. The molecule has 0 bridgehead atoms. The van der Waals surface area contributed by atoms with Crippen molar-refractivity contribution in [1.29, 1.82) is 0 Å². The summed E-state index contributed by atoms with van der Waals surface area (Å²) in [6.07, 6.45) is 0. The van der Waals surface area contributed by atoms with E-state index in [0.29, 0.717) is 0 Å². The first kappa shape index (κ1) is 23.6. The van der Waals surface area contributed by atoms with Crippen LogP contribution in [0.1, 0.15) is 25.0 Å². The summed E-state index contributed by atoms with van der Waals surface area (Å²) in [6, 6.07) is 48.8. The van der Waals surface area contributed by atoms with Gasteiger partial charge in [0.1, 0.15) is 11.2 Å². The Labute approximate surface area is 244 Å². The van der Waals surface area contributed by atoms with E-state index >= 15 is 0 Å². The monoisotopic (exact) mass is 536 g/mol. The van der Waals surface area contributed by atoms with E-state index in [1.165, 1.54) is 66.1 Å². The first-order valence-electron chi connectivity index (χ1n) is 14.7. The molecule has 0 N–H and O–H groups in total. The van der Waals surface area contributed by atoms with Crippen LogP contribution in [0.2, 0.25) is 0 Å². The molecule has 0 saturated heterocycles. The zero-order valence-corrected chi connectivity index (χ0v) is 23.6. The molecule has 1 heterocycles.